The molecule has 2 unspecified atom stereocenters. The number of ether oxygens (including phenoxy) is 2. The highest BCUT2D eigenvalue weighted by Gasteiger charge is 2.44. The molecule has 1 aromatic carbocycles. The van der Waals surface area contributed by atoms with E-state index in [1.54, 1.807) is 19.9 Å². The molecule has 6 nitrogen and oxygen atoms in total. The summed E-state index contributed by atoms with van der Waals surface area (Å²) in [4.78, 5) is 11.4. The van der Waals surface area contributed by atoms with Gasteiger partial charge in [-0.15, -0.1) is 0 Å². The lowest BCUT2D eigenvalue weighted by Crippen LogP contribution is -2.48. The van der Waals surface area contributed by atoms with Gasteiger partial charge in [-0.2, -0.15) is 0 Å². The smallest absolute Gasteiger partial charge is 0.336 e. The molecule has 3 rings (SSSR count). The first-order valence-corrected chi connectivity index (χ1v) is 6.55. The lowest BCUT2D eigenvalue weighted by atomic mass is 9.87. The maximum atomic E-state index is 11.4. The number of rotatable bonds is 1. The van der Waals surface area contributed by atoms with Crippen molar-refractivity contribution in [2.75, 3.05) is 7.11 Å². The number of methoxy groups -OCH3 is 1. The Bertz CT molecular complexity index is 761. The van der Waals surface area contributed by atoms with Crippen LogP contribution in [0.2, 0.25) is 0 Å². The lowest BCUT2D eigenvalue weighted by molar-refractivity contribution is -0.112. The zero-order chi connectivity index (χ0) is 15.4. The zero-order valence-electron chi connectivity index (χ0n) is 11.9. The Kier molecular flexibility index (Phi) is 2.96. The van der Waals surface area contributed by atoms with Crippen molar-refractivity contribution in [1.29, 1.82) is 0 Å². The summed E-state index contributed by atoms with van der Waals surface area (Å²) in [6.07, 6.45) is -2.26. The van der Waals surface area contributed by atoms with Crippen LogP contribution in [0.1, 0.15) is 25.5 Å². The average molecular weight is 292 g/mol. The van der Waals surface area contributed by atoms with Crippen molar-refractivity contribution in [1.82, 2.24) is 0 Å². The summed E-state index contributed by atoms with van der Waals surface area (Å²) >= 11 is 0. The van der Waals surface area contributed by atoms with Crippen molar-refractivity contribution in [3.63, 3.8) is 0 Å². The molecule has 112 valence electrons. The second-order valence-electron chi connectivity index (χ2n) is 5.58. The molecule has 1 aromatic heterocycles. The Morgan fingerprint density at radius 2 is 2.00 bits per heavy atom. The molecule has 0 saturated carbocycles. The van der Waals surface area contributed by atoms with Gasteiger partial charge in [0.1, 0.15) is 34.9 Å². The number of hydrogen-bond donors (Lipinski definition) is 2. The molecule has 6 heteroatoms. The molecule has 0 saturated heterocycles. The minimum atomic E-state index is -1.16. The van der Waals surface area contributed by atoms with Crippen LogP contribution < -0.4 is 15.1 Å². The fourth-order valence-electron chi connectivity index (χ4n) is 2.65. The summed E-state index contributed by atoms with van der Waals surface area (Å²) in [6.45, 7) is 3.34. The predicted molar refractivity (Wildman–Crippen MR) is 74.7 cm³/mol. The molecule has 0 amide bonds. The van der Waals surface area contributed by atoms with Crippen LogP contribution in [0.25, 0.3) is 11.0 Å². The largest absolute Gasteiger partial charge is 0.495 e. The molecular weight excluding hydrogens is 276 g/mol. The van der Waals surface area contributed by atoms with Gasteiger partial charge in [0.05, 0.1) is 18.1 Å². The van der Waals surface area contributed by atoms with Crippen LogP contribution in [-0.4, -0.2) is 29.0 Å². The van der Waals surface area contributed by atoms with Gasteiger partial charge in [0.15, 0.2) is 0 Å². The Morgan fingerprint density at radius 1 is 1.29 bits per heavy atom. The van der Waals surface area contributed by atoms with Crippen molar-refractivity contribution in [3.05, 3.63) is 34.2 Å². The Balaban J connectivity index is 2.36. The molecule has 2 N–H and O–H groups in total. The van der Waals surface area contributed by atoms with Gasteiger partial charge < -0.3 is 24.1 Å². The quantitative estimate of drug-likeness (QED) is 0.772. The summed E-state index contributed by atoms with van der Waals surface area (Å²) in [5.74, 6) is 0.657. The molecule has 21 heavy (non-hydrogen) atoms. The van der Waals surface area contributed by atoms with Gasteiger partial charge in [0.25, 0.3) is 0 Å². The number of aliphatic hydroxyl groups is 2. The van der Waals surface area contributed by atoms with Crippen LogP contribution in [0.15, 0.2) is 27.4 Å². The van der Waals surface area contributed by atoms with E-state index in [-0.39, 0.29) is 0 Å². The second kappa shape index (κ2) is 4.47. The number of fused-ring (bicyclic) bond motifs is 2. The van der Waals surface area contributed by atoms with Gasteiger partial charge in [0.2, 0.25) is 0 Å². The van der Waals surface area contributed by atoms with Crippen molar-refractivity contribution in [2.24, 2.45) is 0 Å². The normalized spacial score (nSPS) is 23.5. The first-order valence-electron chi connectivity index (χ1n) is 6.55. The lowest BCUT2D eigenvalue weighted by Gasteiger charge is -2.40. The minimum Gasteiger partial charge on any atom is -0.495 e. The van der Waals surface area contributed by atoms with Crippen molar-refractivity contribution in [2.45, 2.75) is 31.7 Å². The van der Waals surface area contributed by atoms with Crippen LogP contribution >= 0.6 is 0 Å². The van der Waals surface area contributed by atoms with E-state index in [9.17, 15) is 15.0 Å². The molecule has 1 aliphatic heterocycles. The van der Waals surface area contributed by atoms with Gasteiger partial charge in [-0.25, -0.2) is 4.79 Å². The van der Waals surface area contributed by atoms with E-state index in [2.05, 4.69) is 0 Å². The van der Waals surface area contributed by atoms with E-state index >= 15 is 0 Å². The number of benzene rings is 1. The number of aliphatic hydroxyl groups excluding tert-OH is 2. The molecule has 0 bridgehead atoms. The summed E-state index contributed by atoms with van der Waals surface area (Å²) in [7, 11) is 1.44. The summed E-state index contributed by atoms with van der Waals surface area (Å²) in [5.41, 5.74) is -0.802. The van der Waals surface area contributed by atoms with Crippen molar-refractivity contribution in [3.8, 4) is 11.5 Å². The predicted octanol–water partition coefficient (Wildman–Crippen LogP) is 1.37. The van der Waals surface area contributed by atoms with Crippen molar-refractivity contribution >= 4 is 11.0 Å². The molecule has 0 radical (unpaired) electrons. The zero-order valence-corrected chi connectivity index (χ0v) is 11.9. The highest BCUT2D eigenvalue weighted by molar-refractivity contribution is 5.87. The molecule has 2 heterocycles. The fourth-order valence-corrected chi connectivity index (χ4v) is 2.65. The average Bonchev–Trinajstić information content (AvgIpc) is 2.42. The molecule has 0 aliphatic carbocycles. The molecule has 0 spiro atoms. The van der Waals surface area contributed by atoms with Crippen LogP contribution in [0.3, 0.4) is 0 Å². The van der Waals surface area contributed by atoms with Gasteiger partial charge in [-0.3, -0.25) is 0 Å². The topological polar surface area (TPSA) is 89.1 Å². The maximum absolute atomic E-state index is 11.4. The van der Waals surface area contributed by atoms with E-state index in [0.717, 1.165) is 0 Å². The van der Waals surface area contributed by atoms with Gasteiger partial charge in [-0.1, -0.05) is 0 Å². The maximum Gasteiger partial charge on any atom is 0.336 e. The SMILES string of the molecule is COc1c2c(cc3oc(=O)ccc13)OC(C)(C)C(O)C2O. The first-order chi connectivity index (χ1) is 9.85. The van der Waals surface area contributed by atoms with E-state index in [1.165, 1.54) is 19.2 Å². The van der Waals surface area contributed by atoms with E-state index in [0.29, 0.717) is 28.0 Å². The Morgan fingerprint density at radius 3 is 2.67 bits per heavy atom. The standard InChI is InChI=1S/C15H16O6/c1-15(2)14(18)12(17)11-9(21-15)6-8-7(13(11)19-3)4-5-10(16)20-8/h4-6,12,14,17-18H,1-3H3. The van der Waals surface area contributed by atoms with E-state index < -0.39 is 23.4 Å². The number of hydrogen-bond acceptors (Lipinski definition) is 6. The minimum absolute atomic E-state index is 0.303. The van der Waals surface area contributed by atoms with Crippen LogP contribution in [0.5, 0.6) is 11.5 Å². The molecule has 2 atom stereocenters. The van der Waals surface area contributed by atoms with Crippen LogP contribution in [0.4, 0.5) is 0 Å². The third kappa shape index (κ3) is 1.99. The van der Waals surface area contributed by atoms with Crippen LogP contribution in [0, 0.1) is 0 Å². The third-order valence-electron chi connectivity index (χ3n) is 3.76. The van der Waals surface area contributed by atoms with Gasteiger partial charge >= 0.3 is 5.63 Å². The first kappa shape index (κ1) is 13.9. The highest BCUT2D eigenvalue weighted by atomic mass is 16.5. The van der Waals surface area contributed by atoms with Gasteiger partial charge in [-0.05, 0) is 19.9 Å². The fraction of sp³-hybridized carbons (Fsp3) is 0.400. The summed E-state index contributed by atoms with van der Waals surface area (Å²) in [6, 6.07) is 4.36. The van der Waals surface area contributed by atoms with Gasteiger partial charge in [0, 0.05) is 12.1 Å². The molecule has 1 aliphatic rings. The third-order valence-corrected chi connectivity index (χ3v) is 3.76. The monoisotopic (exact) mass is 292 g/mol. The van der Waals surface area contributed by atoms with Crippen LogP contribution in [-0.2, 0) is 0 Å². The molecule has 2 aromatic rings. The molecule has 0 fully saturated rings. The van der Waals surface area contributed by atoms with Crippen molar-refractivity contribution < 1.29 is 24.1 Å². The Labute approximate surface area is 120 Å². The summed E-state index contributed by atoms with van der Waals surface area (Å²) < 4.78 is 16.2. The molecular formula is C15H16O6. The Hall–Kier alpha value is -2.05. The van der Waals surface area contributed by atoms with E-state index in [1.807, 2.05) is 0 Å². The highest BCUT2D eigenvalue weighted by Crippen LogP contribution is 2.47. The summed E-state index contributed by atoms with van der Waals surface area (Å²) in [5, 5.41) is 21.1. The van der Waals surface area contributed by atoms with E-state index in [4.69, 9.17) is 13.9 Å². The second-order valence-corrected chi connectivity index (χ2v) is 5.58.